The van der Waals surface area contributed by atoms with Gasteiger partial charge in [0.2, 0.25) is 0 Å². The summed E-state index contributed by atoms with van der Waals surface area (Å²) in [7, 11) is 0. The van der Waals surface area contributed by atoms with Crippen molar-refractivity contribution in [3.05, 3.63) is 55.9 Å². The number of thiophene rings is 1. The summed E-state index contributed by atoms with van der Waals surface area (Å²) in [5, 5.41) is 17.0. The first-order valence-electron chi connectivity index (χ1n) is 9.10. The van der Waals surface area contributed by atoms with Crippen LogP contribution in [0.3, 0.4) is 0 Å². The van der Waals surface area contributed by atoms with Crippen molar-refractivity contribution in [1.82, 2.24) is 5.43 Å². The molecule has 0 aliphatic carbocycles. The molecule has 164 valence electrons. The SMILES string of the molecule is CCOC(=O)c1sc(NC(=O)NN=Cc2ccc([N+](=O)[O-])cc2)c(C(=O)OCC)c1C. The van der Waals surface area contributed by atoms with E-state index in [4.69, 9.17) is 9.47 Å². The second-order valence-corrected chi connectivity index (χ2v) is 6.89. The van der Waals surface area contributed by atoms with Gasteiger partial charge in [0.05, 0.1) is 29.9 Å². The summed E-state index contributed by atoms with van der Waals surface area (Å²) in [6.07, 6.45) is 1.29. The van der Waals surface area contributed by atoms with Crippen LogP contribution in [0.1, 0.15) is 45.0 Å². The maximum absolute atomic E-state index is 12.3. The van der Waals surface area contributed by atoms with Gasteiger partial charge in [-0.2, -0.15) is 5.10 Å². The smallest absolute Gasteiger partial charge is 0.348 e. The summed E-state index contributed by atoms with van der Waals surface area (Å²) in [5.41, 5.74) is 3.07. The van der Waals surface area contributed by atoms with Crippen LogP contribution in [0.5, 0.6) is 0 Å². The lowest BCUT2D eigenvalue weighted by atomic mass is 10.1. The summed E-state index contributed by atoms with van der Waals surface area (Å²) in [6.45, 7) is 5.13. The maximum Gasteiger partial charge on any atom is 0.348 e. The standard InChI is InChI=1S/C19H20N4O7S/c1-4-29-17(24)14-11(3)15(18(25)30-5-2)31-16(14)21-19(26)22-20-10-12-6-8-13(9-7-12)23(27)28/h6-10H,4-5H2,1-3H3,(H2,21,22,26). The van der Waals surface area contributed by atoms with Crippen LogP contribution in [0.15, 0.2) is 29.4 Å². The monoisotopic (exact) mass is 448 g/mol. The molecule has 1 aromatic carbocycles. The van der Waals surface area contributed by atoms with Gasteiger partial charge in [-0.1, -0.05) is 0 Å². The number of anilines is 1. The summed E-state index contributed by atoms with van der Waals surface area (Å²) in [6, 6.07) is 4.78. The van der Waals surface area contributed by atoms with Gasteiger partial charge in [-0.15, -0.1) is 11.3 Å². The molecular weight excluding hydrogens is 428 g/mol. The number of hydrogen-bond donors (Lipinski definition) is 2. The Kier molecular flexibility index (Phi) is 8.20. The Balaban J connectivity index is 2.15. The summed E-state index contributed by atoms with van der Waals surface area (Å²) >= 11 is 0.888. The zero-order valence-electron chi connectivity index (χ0n) is 17.0. The Hall–Kier alpha value is -3.80. The maximum atomic E-state index is 12.3. The van der Waals surface area contributed by atoms with E-state index in [-0.39, 0.29) is 34.3 Å². The number of nitro groups is 1. The molecule has 11 nitrogen and oxygen atoms in total. The van der Waals surface area contributed by atoms with E-state index in [1.54, 1.807) is 20.8 Å². The van der Waals surface area contributed by atoms with Gasteiger partial charge in [0.25, 0.3) is 5.69 Å². The largest absolute Gasteiger partial charge is 0.462 e. The first kappa shape index (κ1) is 23.5. The number of nitro benzene ring substituents is 1. The van der Waals surface area contributed by atoms with Crippen LogP contribution in [0.4, 0.5) is 15.5 Å². The van der Waals surface area contributed by atoms with Crippen LogP contribution in [0.25, 0.3) is 0 Å². The highest BCUT2D eigenvalue weighted by Gasteiger charge is 2.27. The molecule has 31 heavy (non-hydrogen) atoms. The second-order valence-electron chi connectivity index (χ2n) is 5.87. The molecule has 2 N–H and O–H groups in total. The lowest BCUT2D eigenvalue weighted by Gasteiger charge is -2.06. The second kappa shape index (κ2) is 10.8. The minimum Gasteiger partial charge on any atom is -0.462 e. The van der Waals surface area contributed by atoms with Crippen LogP contribution in [0, 0.1) is 17.0 Å². The van der Waals surface area contributed by atoms with E-state index in [9.17, 15) is 24.5 Å². The summed E-state index contributed by atoms with van der Waals surface area (Å²) < 4.78 is 10.0. The van der Waals surface area contributed by atoms with Gasteiger partial charge in [0.15, 0.2) is 0 Å². The van der Waals surface area contributed by atoms with E-state index in [1.165, 1.54) is 30.5 Å². The van der Waals surface area contributed by atoms with Gasteiger partial charge in [0.1, 0.15) is 9.88 Å². The van der Waals surface area contributed by atoms with Gasteiger partial charge in [-0.3, -0.25) is 15.4 Å². The number of non-ortho nitro benzene ring substituents is 1. The van der Waals surface area contributed by atoms with E-state index in [0.717, 1.165) is 11.3 Å². The fourth-order valence-corrected chi connectivity index (χ4v) is 3.50. The first-order chi connectivity index (χ1) is 14.8. The number of urea groups is 1. The average Bonchev–Trinajstić information content (AvgIpc) is 3.04. The molecule has 2 amide bonds. The molecule has 2 rings (SSSR count). The number of carbonyl (C=O) groups is 3. The van der Waals surface area contributed by atoms with Crippen LogP contribution >= 0.6 is 11.3 Å². The minimum atomic E-state index is -0.764. The molecule has 0 unspecified atom stereocenters. The highest BCUT2D eigenvalue weighted by molar-refractivity contribution is 7.18. The van der Waals surface area contributed by atoms with Gasteiger partial charge in [0, 0.05) is 12.1 Å². The van der Waals surface area contributed by atoms with Crippen LogP contribution < -0.4 is 10.7 Å². The van der Waals surface area contributed by atoms with Crippen LogP contribution in [0.2, 0.25) is 0 Å². The number of carbonyl (C=O) groups excluding carboxylic acids is 3. The van der Waals surface area contributed by atoms with E-state index < -0.39 is 22.9 Å². The number of benzene rings is 1. The third-order valence-corrected chi connectivity index (χ3v) is 4.99. The molecule has 2 aromatic rings. The number of hydrazone groups is 1. The molecule has 12 heteroatoms. The van der Waals surface area contributed by atoms with Crippen molar-refractivity contribution >= 4 is 46.2 Å². The Labute approximate surface area is 181 Å². The predicted octanol–water partition coefficient (Wildman–Crippen LogP) is 3.47. The molecular formula is C19H20N4O7S. The number of rotatable bonds is 8. The highest BCUT2D eigenvalue weighted by Crippen LogP contribution is 2.34. The Morgan fingerprint density at radius 2 is 1.74 bits per heavy atom. The van der Waals surface area contributed by atoms with Crippen molar-refractivity contribution in [3.8, 4) is 0 Å². The van der Waals surface area contributed by atoms with Crippen molar-refractivity contribution < 1.29 is 28.8 Å². The van der Waals surface area contributed by atoms with Crippen molar-refractivity contribution in [1.29, 1.82) is 0 Å². The number of ether oxygens (including phenoxy) is 2. The first-order valence-corrected chi connectivity index (χ1v) is 9.92. The van der Waals surface area contributed by atoms with Gasteiger partial charge in [-0.05, 0) is 44.0 Å². The molecule has 0 radical (unpaired) electrons. The van der Waals surface area contributed by atoms with Crippen molar-refractivity contribution in [2.45, 2.75) is 20.8 Å². The zero-order valence-corrected chi connectivity index (χ0v) is 17.8. The van der Waals surface area contributed by atoms with Crippen molar-refractivity contribution in [2.24, 2.45) is 5.10 Å². The molecule has 0 spiro atoms. The Morgan fingerprint density at radius 3 is 2.32 bits per heavy atom. The quantitative estimate of drug-likeness (QED) is 0.272. The van der Waals surface area contributed by atoms with E-state index in [0.29, 0.717) is 11.1 Å². The van der Waals surface area contributed by atoms with Gasteiger partial charge in [-0.25, -0.2) is 19.8 Å². The van der Waals surface area contributed by atoms with Crippen LogP contribution in [-0.2, 0) is 9.47 Å². The molecule has 0 fully saturated rings. The zero-order chi connectivity index (χ0) is 23.0. The van der Waals surface area contributed by atoms with E-state index in [1.807, 2.05) is 0 Å². The molecule has 0 saturated heterocycles. The number of nitrogens with one attached hydrogen (secondary N) is 2. The molecule has 0 aliphatic heterocycles. The fraction of sp³-hybridized carbons (Fsp3) is 0.263. The third-order valence-electron chi connectivity index (χ3n) is 3.80. The number of amides is 2. The van der Waals surface area contributed by atoms with Crippen LogP contribution in [-0.4, -0.2) is 42.3 Å². The normalized spacial score (nSPS) is 10.5. The Morgan fingerprint density at radius 1 is 1.13 bits per heavy atom. The number of nitrogens with zero attached hydrogens (tertiary/aromatic N) is 2. The highest BCUT2D eigenvalue weighted by atomic mass is 32.1. The minimum absolute atomic E-state index is 0.0596. The number of esters is 2. The molecule has 1 heterocycles. The summed E-state index contributed by atoms with van der Waals surface area (Å²) in [5.74, 6) is -1.29. The summed E-state index contributed by atoms with van der Waals surface area (Å²) in [4.78, 5) is 47.0. The molecule has 1 aromatic heterocycles. The lowest BCUT2D eigenvalue weighted by molar-refractivity contribution is -0.384. The van der Waals surface area contributed by atoms with E-state index >= 15 is 0 Å². The van der Waals surface area contributed by atoms with E-state index in [2.05, 4.69) is 15.8 Å². The average molecular weight is 448 g/mol. The Bertz CT molecular complexity index is 1020. The van der Waals surface area contributed by atoms with Crippen molar-refractivity contribution in [3.63, 3.8) is 0 Å². The predicted molar refractivity (Wildman–Crippen MR) is 114 cm³/mol. The van der Waals surface area contributed by atoms with Crippen molar-refractivity contribution in [2.75, 3.05) is 18.5 Å². The van der Waals surface area contributed by atoms with Gasteiger partial charge >= 0.3 is 18.0 Å². The molecule has 0 aliphatic rings. The topological polar surface area (TPSA) is 149 Å². The fourth-order valence-electron chi connectivity index (χ4n) is 2.42. The van der Waals surface area contributed by atoms with Gasteiger partial charge < -0.3 is 9.47 Å². The number of hydrogen-bond acceptors (Lipinski definition) is 9. The molecule has 0 saturated carbocycles. The molecule has 0 atom stereocenters. The third kappa shape index (κ3) is 6.09. The lowest BCUT2D eigenvalue weighted by Crippen LogP contribution is -2.24. The molecule has 0 bridgehead atoms.